The Morgan fingerprint density at radius 2 is 1.18 bits per heavy atom. The van der Waals surface area contributed by atoms with E-state index in [1.54, 1.807) is 66.4 Å². The van der Waals surface area contributed by atoms with Crippen molar-refractivity contribution in [3.8, 4) is 40.2 Å². The average molecular weight is 1150 g/mol. The number of rotatable bonds is 17. The van der Waals surface area contributed by atoms with Gasteiger partial charge in [0.25, 0.3) is 17.7 Å². The van der Waals surface area contributed by atoms with Gasteiger partial charge in [-0.2, -0.15) is 0 Å². The molecule has 5 aliphatic rings. The molecule has 0 bridgehead atoms. The summed E-state index contributed by atoms with van der Waals surface area (Å²) in [6.07, 6.45) is -3.95. The van der Waals surface area contributed by atoms with Crippen LogP contribution in [0.25, 0.3) is 0 Å². The van der Waals surface area contributed by atoms with Crippen LogP contribution in [0.2, 0.25) is 0 Å². The lowest BCUT2D eigenvalue weighted by Gasteiger charge is -2.39. The summed E-state index contributed by atoms with van der Waals surface area (Å²) in [5.74, 6) is -1.56. The van der Waals surface area contributed by atoms with Crippen LogP contribution in [0, 0.1) is 0 Å². The summed E-state index contributed by atoms with van der Waals surface area (Å²) in [6, 6.07) is 29.2. The Balaban J connectivity index is 0.900. The molecule has 0 radical (unpaired) electrons. The summed E-state index contributed by atoms with van der Waals surface area (Å²) >= 11 is 0. The van der Waals surface area contributed by atoms with Gasteiger partial charge < -0.3 is 72.3 Å². The predicted octanol–water partition coefficient (Wildman–Crippen LogP) is 5.45. The first-order valence-corrected chi connectivity index (χ1v) is 28.0. The van der Waals surface area contributed by atoms with Crippen LogP contribution in [0.3, 0.4) is 0 Å². The minimum absolute atomic E-state index is 0.0712. The first-order chi connectivity index (χ1) is 40.0. The van der Waals surface area contributed by atoms with Crippen molar-refractivity contribution in [2.24, 2.45) is 9.98 Å². The van der Waals surface area contributed by atoms with Crippen molar-refractivity contribution in [1.82, 2.24) is 15.1 Å². The Labute approximate surface area is 477 Å². The molecular weight excluding hydrogens is 1090 g/mol. The van der Waals surface area contributed by atoms with Crippen LogP contribution in [-0.2, 0) is 54.3 Å². The molecule has 0 spiro atoms. The highest BCUT2D eigenvalue weighted by Gasteiger charge is 2.45. The molecule has 1 saturated heterocycles. The van der Waals surface area contributed by atoms with E-state index in [4.69, 9.17) is 46.8 Å². The number of nitrogens with one attached hydrogen (secondary N) is 1. The summed E-state index contributed by atoms with van der Waals surface area (Å²) in [5, 5.41) is 44.2. The number of benzene rings is 6. The summed E-state index contributed by atoms with van der Waals surface area (Å²) in [7, 11) is -2.35. The van der Waals surface area contributed by atoms with E-state index in [0.29, 0.717) is 59.6 Å². The second kappa shape index (κ2) is 23.3. The number of aliphatic imine (C=N–C) groups is 2. The van der Waals surface area contributed by atoms with Gasteiger partial charge in [0.1, 0.15) is 43.4 Å². The highest BCUT2D eigenvalue weighted by molar-refractivity contribution is 7.82. The van der Waals surface area contributed by atoms with Gasteiger partial charge in [0.05, 0.1) is 55.4 Å². The molecule has 5 aliphatic heterocycles. The zero-order chi connectivity index (χ0) is 58.3. The number of ether oxygens (including phenoxy) is 6. The standard InChI is InChI=1S/C60H59N5O17S/c1-32(2)63-57(70)37-13-14-47(79-60-56(69)55(68)54(67)53(29-66)80-60)52(20-37)82-83(73,74)81-42-16-33(30-77-50-23-45-43(21-48(50)75-3)58(71)64-27-38-11-7-5-9-35(38)18-40(64)25-61-45)15-34(17-42)31-78-51-24-46-44(22-49(51)76-4)59(72)65-28-39-12-8-6-10-36(39)19-41(65)26-62-46/h5-17,20-26,32,40-41,53-56,60,66-69H,18-19,27-31H2,1-4H3,(H,63,70)/t40-,41-,53+,54-,55-,56+,60?/m0/s1. The smallest absolute Gasteiger partial charge is 0.493 e. The monoisotopic (exact) mass is 1150 g/mol. The normalized spacial score (nSPS) is 21.4. The number of methoxy groups -OCH3 is 2. The molecule has 0 aliphatic carbocycles. The van der Waals surface area contributed by atoms with E-state index in [1.165, 1.54) is 38.5 Å². The zero-order valence-electron chi connectivity index (χ0n) is 45.4. The molecule has 23 heteroatoms. The maximum absolute atomic E-state index is 14.2. The van der Waals surface area contributed by atoms with Gasteiger partial charge in [0, 0.05) is 49.3 Å². The molecule has 83 heavy (non-hydrogen) atoms. The van der Waals surface area contributed by atoms with Crippen LogP contribution in [-0.4, -0.2) is 138 Å². The molecular formula is C60H59N5O17S. The van der Waals surface area contributed by atoms with Crippen molar-refractivity contribution >= 4 is 51.9 Å². The number of hydrogen-bond acceptors (Lipinski definition) is 19. The number of carbonyl (C=O) groups excluding carboxylic acids is 3. The van der Waals surface area contributed by atoms with E-state index >= 15 is 0 Å². The number of fused-ring (bicyclic) bond motifs is 6. The lowest BCUT2D eigenvalue weighted by molar-refractivity contribution is -0.277. The minimum Gasteiger partial charge on any atom is -0.493 e. The number of carbonyl (C=O) groups is 3. The molecule has 5 N–H and O–H groups in total. The van der Waals surface area contributed by atoms with Gasteiger partial charge in [-0.3, -0.25) is 24.4 Å². The van der Waals surface area contributed by atoms with Crippen molar-refractivity contribution < 1.29 is 80.0 Å². The second-order valence-corrected chi connectivity index (χ2v) is 21.9. The van der Waals surface area contributed by atoms with Gasteiger partial charge in [-0.25, -0.2) is 0 Å². The van der Waals surface area contributed by atoms with Crippen molar-refractivity contribution in [2.45, 2.75) is 102 Å². The van der Waals surface area contributed by atoms with Gasteiger partial charge >= 0.3 is 10.4 Å². The molecule has 6 aromatic carbocycles. The SMILES string of the molecule is COc1cc2c(cc1OCc1cc(COc3cc4c(cc3OC)C(=O)N3Cc5ccccc5C[C@H]3C=N4)cc(OS(=O)(=O)Oc3cc(C(=O)NC(C)C)ccc3OC3O[C@H](CO)[C@H](O)[C@H](O)[C@H]3O)c1)N=C[C@@H]1Cc3ccccc3CN1C2=O. The Hall–Kier alpha value is -8.58. The first-order valence-electron chi connectivity index (χ1n) is 26.7. The topological polar surface area (TPSA) is 283 Å². The number of aliphatic hydroxyl groups is 4. The number of aliphatic hydroxyl groups excluding tert-OH is 4. The largest absolute Gasteiger partial charge is 0.501 e. The van der Waals surface area contributed by atoms with Crippen molar-refractivity contribution in [2.75, 3.05) is 20.8 Å². The lowest BCUT2D eigenvalue weighted by Crippen LogP contribution is -2.60. The molecule has 6 aromatic rings. The van der Waals surface area contributed by atoms with Gasteiger partial charge in [0.15, 0.2) is 34.5 Å². The fraction of sp³-hybridized carbons (Fsp3) is 0.317. The van der Waals surface area contributed by atoms with Gasteiger partial charge in [0.2, 0.25) is 6.29 Å². The van der Waals surface area contributed by atoms with Crippen LogP contribution in [0.4, 0.5) is 11.4 Å². The molecule has 432 valence electrons. The van der Waals surface area contributed by atoms with Crippen LogP contribution >= 0.6 is 0 Å². The quantitative estimate of drug-likeness (QED) is 0.0759. The van der Waals surface area contributed by atoms with E-state index < -0.39 is 65.1 Å². The van der Waals surface area contributed by atoms with Crippen LogP contribution in [0.15, 0.2) is 119 Å². The third-order valence-electron chi connectivity index (χ3n) is 14.8. The molecule has 0 aromatic heterocycles. The highest BCUT2D eigenvalue weighted by atomic mass is 32.3. The van der Waals surface area contributed by atoms with E-state index in [1.807, 2.05) is 48.5 Å². The molecule has 1 unspecified atom stereocenters. The lowest BCUT2D eigenvalue weighted by atomic mass is 9.94. The van der Waals surface area contributed by atoms with Crippen LogP contribution in [0.1, 0.15) is 78.3 Å². The number of nitrogens with zero attached hydrogens (tertiary/aromatic N) is 4. The Morgan fingerprint density at radius 1 is 0.651 bits per heavy atom. The molecule has 11 rings (SSSR count). The summed E-state index contributed by atoms with van der Waals surface area (Å²) in [4.78, 5) is 54.6. The number of hydrogen-bond donors (Lipinski definition) is 5. The van der Waals surface area contributed by atoms with E-state index in [9.17, 15) is 43.2 Å². The van der Waals surface area contributed by atoms with E-state index in [0.717, 1.165) is 28.3 Å². The second-order valence-electron chi connectivity index (χ2n) is 20.8. The fourth-order valence-corrected chi connectivity index (χ4v) is 11.3. The molecule has 1 fully saturated rings. The molecule has 7 atom stereocenters. The predicted molar refractivity (Wildman–Crippen MR) is 299 cm³/mol. The molecule has 5 heterocycles. The molecule has 0 saturated carbocycles. The number of amides is 3. The van der Waals surface area contributed by atoms with Gasteiger partial charge in [-0.1, -0.05) is 48.5 Å². The van der Waals surface area contributed by atoms with Gasteiger partial charge in [-0.15, -0.1) is 8.42 Å². The van der Waals surface area contributed by atoms with Crippen molar-refractivity contribution in [1.29, 1.82) is 0 Å². The Kier molecular flexibility index (Phi) is 15.8. The van der Waals surface area contributed by atoms with Crippen molar-refractivity contribution in [3.05, 3.63) is 159 Å². The summed E-state index contributed by atoms with van der Waals surface area (Å²) in [6.45, 7) is 2.97. The maximum Gasteiger partial charge on any atom is 0.501 e. The maximum atomic E-state index is 14.2. The van der Waals surface area contributed by atoms with Crippen LogP contribution < -0.4 is 37.4 Å². The third kappa shape index (κ3) is 11.8. The molecule has 22 nitrogen and oxygen atoms in total. The zero-order valence-corrected chi connectivity index (χ0v) is 46.2. The third-order valence-corrected chi connectivity index (χ3v) is 15.6. The van der Waals surface area contributed by atoms with Gasteiger partial charge in [-0.05, 0) is 109 Å². The first kappa shape index (κ1) is 56.3. The highest BCUT2D eigenvalue weighted by Crippen LogP contribution is 2.42. The Morgan fingerprint density at radius 3 is 1.69 bits per heavy atom. The fourth-order valence-electron chi connectivity index (χ4n) is 10.6. The van der Waals surface area contributed by atoms with E-state index in [2.05, 4.69) is 5.32 Å². The minimum atomic E-state index is -5.21. The van der Waals surface area contributed by atoms with E-state index in [-0.39, 0.29) is 77.5 Å². The van der Waals surface area contributed by atoms with Crippen LogP contribution in [0.5, 0.6) is 40.2 Å². The summed E-state index contributed by atoms with van der Waals surface area (Å²) in [5.41, 5.74) is 6.28. The molecule has 3 amide bonds. The Bertz CT molecular complexity index is 3520. The van der Waals surface area contributed by atoms with Crippen molar-refractivity contribution in [3.63, 3.8) is 0 Å². The summed E-state index contributed by atoms with van der Waals surface area (Å²) < 4.78 is 75.2. The average Bonchev–Trinajstić information content (AvgIpc) is 3.88.